The van der Waals surface area contributed by atoms with E-state index < -0.39 is 0 Å². The molecule has 0 saturated carbocycles. The number of methoxy groups -OCH3 is 1. The highest BCUT2D eigenvalue weighted by Gasteiger charge is 2.32. The van der Waals surface area contributed by atoms with Gasteiger partial charge in [-0.25, -0.2) is 4.98 Å². The Morgan fingerprint density at radius 3 is 2.72 bits per heavy atom. The smallest absolute Gasteiger partial charge is 0.214 e. The maximum Gasteiger partial charge on any atom is 0.214 e. The van der Waals surface area contributed by atoms with Crippen molar-refractivity contribution in [3.63, 3.8) is 0 Å². The second-order valence-electron chi connectivity index (χ2n) is 5.02. The molecule has 0 aliphatic carbocycles. The summed E-state index contributed by atoms with van der Waals surface area (Å²) in [7, 11) is 1.62. The number of nitrogens with two attached hydrogens (primary N) is 1. The van der Waals surface area contributed by atoms with E-state index in [9.17, 15) is 0 Å². The quantitative estimate of drug-likeness (QED) is 0.629. The number of aromatic nitrogens is 1. The topological polar surface area (TPSA) is 75.2 Å². The van der Waals surface area contributed by atoms with Gasteiger partial charge in [0.15, 0.2) is 0 Å². The van der Waals surface area contributed by atoms with Gasteiger partial charge in [0, 0.05) is 36.5 Å². The summed E-state index contributed by atoms with van der Waals surface area (Å²) in [4.78, 5) is 6.39. The van der Waals surface area contributed by atoms with Crippen molar-refractivity contribution in [2.24, 2.45) is 11.1 Å². The summed E-state index contributed by atoms with van der Waals surface area (Å²) in [5.74, 6) is 0.932. The summed E-state index contributed by atoms with van der Waals surface area (Å²) in [6.07, 6.45) is 3.58. The molecule has 1 fully saturated rings. The molecule has 1 aliphatic rings. The van der Waals surface area contributed by atoms with Gasteiger partial charge >= 0.3 is 0 Å². The van der Waals surface area contributed by atoms with Crippen LogP contribution in [0.25, 0.3) is 0 Å². The van der Waals surface area contributed by atoms with E-state index in [1.165, 1.54) is 0 Å². The number of rotatable bonds is 3. The number of nitrogens with zero attached hydrogens (tertiary/aromatic N) is 2. The summed E-state index contributed by atoms with van der Waals surface area (Å²) in [6, 6.07) is 3.93. The normalized spacial score (nSPS) is 18.4. The van der Waals surface area contributed by atoms with Crippen LogP contribution in [-0.2, 0) is 0 Å². The molecule has 0 aromatic carbocycles. The lowest BCUT2D eigenvalue weighted by molar-refractivity contribution is 0.350. The van der Waals surface area contributed by atoms with Gasteiger partial charge in [-0.05, 0) is 18.9 Å². The average molecular weight is 248 g/mol. The first-order chi connectivity index (χ1) is 8.55. The second kappa shape index (κ2) is 4.84. The van der Waals surface area contributed by atoms with Gasteiger partial charge < -0.3 is 15.4 Å². The molecule has 98 valence electrons. The van der Waals surface area contributed by atoms with Crippen LogP contribution in [0.3, 0.4) is 0 Å². The Bertz CT molecular complexity index is 438. The Hall–Kier alpha value is -1.78. The highest BCUT2D eigenvalue weighted by molar-refractivity contribution is 5.83. The number of ether oxygens (including phenoxy) is 1. The van der Waals surface area contributed by atoms with Crippen LogP contribution in [0, 0.1) is 10.8 Å². The van der Waals surface area contributed by atoms with Gasteiger partial charge in [-0.15, -0.1) is 0 Å². The van der Waals surface area contributed by atoms with E-state index >= 15 is 0 Å². The molecule has 0 radical (unpaired) electrons. The zero-order valence-corrected chi connectivity index (χ0v) is 10.9. The van der Waals surface area contributed by atoms with Gasteiger partial charge in [-0.1, -0.05) is 6.92 Å². The Morgan fingerprint density at radius 1 is 1.50 bits per heavy atom. The molecule has 5 nitrogen and oxygen atoms in total. The van der Waals surface area contributed by atoms with Crippen LogP contribution in [0.5, 0.6) is 5.88 Å². The number of hydrogen-bond donors (Lipinski definition) is 2. The maximum absolute atomic E-state index is 7.65. The molecule has 1 aromatic rings. The second-order valence-corrected chi connectivity index (χ2v) is 5.02. The molecule has 0 atom stereocenters. The molecule has 0 bridgehead atoms. The van der Waals surface area contributed by atoms with Crippen LogP contribution in [0.4, 0.5) is 5.69 Å². The van der Waals surface area contributed by atoms with Crippen molar-refractivity contribution < 1.29 is 4.74 Å². The number of amidine groups is 1. The summed E-state index contributed by atoms with van der Waals surface area (Å²) in [5, 5.41) is 7.65. The van der Waals surface area contributed by atoms with Crippen molar-refractivity contribution in [3.05, 3.63) is 18.3 Å². The van der Waals surface area contributed by atoms with Gasteiger partial charge in [0.25, 0.3) is 0 Å². The standard InChI is InChI=1S/C13H20N4O/c1-13(12(14)15)4-7-17(8-5-13)10-3-6-16-11(9-10)18-2/h3,6,9H,4-5,7-8H2,1-2H3,(H3,14,15). The number of piperidine rings is 1. The predicted octanol–water partition coefficient (Wildman–Crippen LogP) is 1.63. The van der Waals surface area contributed by atoms with E-state index in [4.69, 9.17) is 15.9 Å². The SMILES string of the molecule is COc1cc(N2CCC(C)(C(=N)N)CC2)ccn1. The number of hydrogen-bond acceptors (Lipinski definition) is 4. The Kier molecular flexibility index (Phi) is 3.41. The predicted molar refractivity (Wildman–Crippen MR) is 72.3 cm³/mol. The van der Waals surface area contributed by atoms with Crippen molar-refractivity contribution >= 4 is 11.5 Å². The minimum absolute atomic E-state index is 0.145. The van der Waals surface area contributed by atoms with E-state index in [-0.39, 0.29) is 5.41 Å². The van der Waals surface area contributed by atoms with E-state index in [2.05, 4.69) is 16.8 Å². The monoisotopic (exact) mass is 248 g/mol. The number of nitrogens with one attached hydrogen (secondary N) is 1. The van der Waals surface area contributed by atoms with Crippen molar-refractivity contribution in [1.29, 1.82) is 5.41 Å². The average Bonchev–Trinajstić information content (AvgIpc) is 2.39. The molecule has 0 unspecified atom stereocenters. The van der Waals surface area contributed by atoms with E-state index in [1.54, 1.807) is 13.3 Å². The van der Waals surface area contributed by atoms with Gasteiger partial charge in [0.05, 0.1) is 12.9 Å². The summed E-state index contributed by atoms with van der Waals surface area (Å²) in [6.45, 7) is 3.88. The minimum Gasteiger partial charge on any atom is -0.481 e. The summed E-state index contributed by atoms with van der Waals surface area (Å²) in [5.41, 5.74) is 6.64. The Labute approximate surface area is 107 Å². The van der Waals surface area contributed by atoms with Gasteiger partial charge in [-0.3, -0.25) is 5.41 Å². The number of pyridine rings is 1. The van der Waals surface area contributed by atoms with Crippen LogP contribution in [-0.4, -0.2) is 31.0 Å². The first-order valence-corrected chi connectivity index (χ1v) is 6.15. The van der Waals surface area contributed by atoms with Crippen molar-refractivity contribution in [2.75, 3.05) is 25.1 Å². The van der Waals surface area contributed by atoms with Crippen LogP contribution in [0.15, 0.2) is 18.3 Å². The lowest BCUT2D eigenvalue weighted by Crippen LogP contribution is -2.45. The number of anilines is 1. The highest BCUT2D eigenvalue weighted by atomic mass is 16.5. The molecule has 3 N–H and O–H groups in total. The largest absolute Gasteiger partial charge is 0.481 e. The zero-order chi connectivity index (χ0) is 13.2. The van der Waals surface area contributed by atoms with Crippen LogP contribution >= 0.6 is 0 Å². The molecule has 0 spiro atoms. The molecule has 1 aliphatic heterocycles. The van der Waals surface area contributed by atoms with Crippen LogP contribution in [0.1, 0.15) is 19.8 Å². The lowest BCUT2D eigenvalue weighted by atomic mass is 9.79. The molecule has 5 heteroatoms. The zero-order valence-electron chi connectivity index (χ0n) is 10.9. The molecule has 1 aromatic heterocycles. The summed E-state index contributed by atoms with van der Waals surface area (Å²) < 4.78 is 5.13. The third-order valence-corrected chi connectivity index (χ3v) is 3.81. The molecular formula is C13H20N4O. The maximum atomic E-state index is 7.65. The van der Waals surface area contributed by atoms with Gasteiger partial charge in [0.2, 0.25) is 5.88 Å². The first-order valence-electron chi connectivity index (χ1n) is 6.15. The van der Waals surface area contributed by atoms with Gasteiger partial charge in [-0.2, -0.15) is 0 Å². The van der Waals surface area contributed by atoms with E-state index in [0.29, 0.717) is 11.7 Å². The third kappa shape index (κ3) is 2.39. The third-order valence-electron chi connectivity index (χ3n) is 3.81. The van der Waals surface area contributed by atoms with Gasteiger partial charge in [0.1, 0.15) is 0 Å². The van der Waals surface area contributed by atoms with Crippen molar-refractivity contribution in [2.45, 2.75) is 19.8 Å². The van der Waals surface area contributed by atoms with Crippen LogP contribution < -0.4 is 15.4 Å². The molecule has 2 rings (SSSR count). The molecule has 18 heavy (non-hydrogen) atoms. The molecule has 1 saturated heterocycles. The fourth-order valence-electron chi connectivity index (χ4n) is 2.24. The fraction of sp³-hybridized carbons (Fsp3) is 0.538. The van der Waals surface area contributed by atoms with Crippen LogP contribution in [0.2, 0.25) is 0 Å². The highest BCUT2D eigenvalue weighted by Crippen LogP contribution is 2.33. The Balaban J connectivity index is 2.07. The summed E-state index contributed by atoms with van der Waals surface area (Å²) >= 11 is 0. The van der Waals surface area contributed by atoms with Crippen molar-refractivity contribution in [1.82, 2.24) is 4.98 Å². The lowest BCUT2D eigenvalue weighted by Gasteiger charge is -2.39. The molecule has 0 amide bonds. The first kappa shape index (κ1) is 12.7. The van der Waals surface area contributed by atoms with E-state index in [1.807, 2.05) is 12.1 Å². The minimum atomic E-state index is -0.145. The Morgan fingerprint density at radius 2 is 2.17 bits per heavy atom. The molecular weight excluding hydrogens is 228 g/mol. The van der Waals surface area contributed by atoms with Crippen molar-refractivity contribution in [3.8, 4) is 5.88 Å². The van der Waals surface area contributed by atoms with E-state index in [0.717, 1.165) is 31.6 Å². The fourth-order valence-corrected chi connectivity index (χ4v) is 2.24. The molecule has 2 heterocycles.